The van der Waals surface area contributed by atoms with Crippen LogP contribution in [0.15, 0.2) is 23.4 Å². The molecule has 16 heavy (non-hydrogen) atoms. The first-order chi connectivity index (χ1) is 7.52. The van der Waals surface area contributed by atoms with Gasteiger partial charge in [-0.3, -0.25) is 0 Å². The van der Waals surface area contributed by atoms with Gasteiger partial charge in [0, 0.05) is 4.90 Å². The summed E-state index contributed by atoms with van der Waals surface area (Å²) in [7, 11) is 0. The van der Waals surface area contributed by atoms with Gasteiger partial charge in [0.2, 0.25) is 0 Å². The van der Waals surface area contributed by atoms with Gasteiger partial charge >= 0.3 is 6.18 Å². The molecule has 0 amide bonds. The van der Waals surface area contributed by atoms with Crippen LogP contribution in [-0.2, 0) is 6.18 Å². The molecule has 2 nitrogen and oxygen atoms in total. The van der Waals surface area contributed by atoms with Gasteiger partial charge in [-0.2, -0.15) is 13.2 Å². The van der Waals surface area contributed by atoms with Crippen molar-refractivity contribution in [3.05, 3.63) is 24.0 Å². The second-order valence-electron chi connectivity index (χ2n) is 3.20. The van der Waals surface area contributed by atoms with E-state index in [2.05, 4.69) is 9.97 Å². The van der Waals surface area contributed by atoms with E-state index in [1.54, 1.807) is 0 Å². The number of H-pyrrole nitrogens is 1. The maximum Gasteiger partial charge on any atom is 0.417 e. The summed E-state index contributed by atoms with van der Waals surface area (Å²) in [5.41, 5.74) is 0.368. The molecule has 0 atom stereocenters. The van der Waals surface area contributed by atoms with Gasteiger partial charge in [-0.05, 0) is 17.9 Å². The average Bonchev–Trinajstić information content (AvgIpc) is 2.62. The van der Waals surface area contributed by atoms with E-state index in [0.29, 0.717) is 16.8 Å². The van der Waals surface area contributed by atoms with E-state index in [4.69, 9.17) is 0 Å². The summed E-state index contributed by atoms with van der Waals surface area (Å²) in [5, 5.41) is 0. The molecule has 1 aromatic carbocycles. The Hall–Kier alpha value is -1.17. The predicted octanol–water partition coefficient (Wildman–Crippen LogP) is 3.69. The Balaban J connectivity index is 2.62. The Kier molecular flexibility index (Phi) is 2.84. The number of thioether (sulfide) groups is 1. The standard InChI is InChI=1S/C10H9F3N2S/c1-2-16-9-4-8-7(14-5-15-8)3-6(9)10(11,12)13/h3-5H,2H2,1H3,(H,14,15). The lowest BCUT2D eigenvalue weighted by Gasteiger charge is -2.11. The molecule has 1 heterocycles. The first kappa shape index (κ1) is 11.3. The molecule has 0 aliphatic rings. The highest BCUT2D eigenvalue weighted by molar-refractivity contribution is 7.99. The summed E-state index contributed by atoms with van der Waals surface area (Å²) < 4.78 is 38.3. The van der Waals surface area contributed by atoms with E-state index >= 15 is 0 Å². The highest BCUT2D eigenvalue weighted by Crippen LogP contribution is 2.38. The van der Waals surface area contributed by atoms with Crippen molar-refractivity contribution >= 4 is 22.8 Å². The first-order valence-electron chi connectivity index (χ1n) is 4.69. The minimum absolute atomic E-state index is 0.231. The minimum Gasteiger partial charge on any atom is -0.345 e. The zero-order chi connectivity index (χ0) is 11.8. The molecule has 0 unspecified atom stereocenters. The van der Waals surface area contributed by atoms with Crippen molar-refractivity contribution in [2.24, 2.45) is 0 Å². The molecule has 0 saturated carbocycles. The summed E-state index contributed by atoms with van der Waals surface area (Å²) >= 11 is 1.17. The summed E-state index contributed by atoms with van der Waals surface area (Å²) in [6.45, 7) is 1.82. The molecule has 0 radical (unpaired) electrons. The highest BCUT2D eigenvalue weighted by atomic mass is 32.2. The van der Waals surface area contributed by atoms with E-state index in [1.807, 2.05) is 6.92 Å². The van der Waals surface area contributed by atoms with Crippen molar-refractivity contribution in [1.82, 2.24) is 9.97 Å². The van der Waals surface area contributed by atoms with Crippen molar-refractivity contribution in [3.8, 4) is 0 Å². The fraction of sp³-hybridized carbons (Fsp3) is 0.300. The van der Waals surface area contributed by atoms with Gasteiger partial charge in [0.1, 0.15) is 0 Å². The Morgan fingerprint density at radius 1 is 1.38 bits per heavy atom. The maximum atomic E-state index is 12.8. The fourth-order valence-corrected chi connectivity index (χ4v) is 2.30. The van der Waals surface area contributed by atoms with Crippen LogP contribution < -0.4 is 0 Å². The molecule has 2 rings (SSSR count). The van der Waals surface area contributed by atoms with Crippen LogP contribution in [0.25, 0.3) is 11.0 Å². The number of aromatic amines is 1. The van der Waals surface area contributed by atoms with E-state index in [-0.39, 0.29) is 4.90 Å². The molecule has 1 N–H and O–H groups in total. The summed E-state index contributed by atoms with van der Waals surface area (Å²) in [6, 6.07) is 2.59. The molecule has 0 spiro atoms. The van der Waals surface area contributed by atoms with E-state index in [1.165, 1.54) is 24.2 Å². The molecular formula is C10H9F3N2S. The van der Waals surface area contributed by atoms with Crippen LogP contribution in [0.2, 0.25) is 0 Å². The Morgan fingerprint density at radius 2 is 2.12 bits per heavy atom. The number of fused-ring (bicyclic) bond motifs is 1. The number of hydrogen-bond acceptors (Lipinski definition) is 2. The third-order valence-corrected chi connectivity index (χ3v) is 3.06. The number of nitrogens with zero attached hydrogens (tertiary/aromatic N) is 1. The maximum absolute atomic E-state index is 12.8. The molecule has 0 aliphatic carbocycles. The molecule has 0 saturated heterocycles. The van der Waals surface area contributed by atoms with Gasteiger partial charge in [-0.1, -0.05) is 6.92 Å². The first-order valence-corrected chi connectivity index (χ1v) is 5.68. The number of imidazole rings is 1. The van der Waals surface area contributed by atoms with Gasteiger partial charge in [-0.15, -0.1) is 11.8 Å². The second-order valence-corrected chi connectivity index (χ2v) is 4.50. The molecule has 0 fully saturated rings. The summed E-state index contributed by atoms with van der Waals surface area (Å²) in [6.07, 6.45) is -2.93. The lowest BCUT2D eigenvalue weighted by molar-refractivity contribution is -0.139. The summed E-state index contributed by atoms with van der Waals surface area (Å²) in [4.78, 5) is 6.86. The normalized spacial score (nSPS) is 12.2. The lowest BCUT2D eigenvalue weighted by atomic mass is 10.2. The zero-order valence-electron chi connectivity index (χ0n) is 8.43. The van der Waals surface area contributed by atoms with E-state index < -0.39 is 11.7 Å². The SMILES string of the molecule is CCSc1cc2nc[nH]c2cc1C(F)(F)F. The third kappa shape index (κ3) is 2.02. The van der Waals surface area contributed by atoms with Crippen molar-refractivity contribution in [2.75, 3.05) is 5.75 Å². The van der Waals surface area contributed by atoms with E-state index in [0.717, 1.165) is 6.07 Å². The van der Waals surface area contributed by atoms with Gasteiger partial charge in [0.15, 0.2) is 0 Å². The number of aromatic nitrogens is 2. The summed E-state index contributed by atoms with van der Waals surface area (Å²) in [5.74, 6) is 0.596. The van der Waals surface area contributed by atoms with Gasteiger partial charge in [0.25, 0.3) is 0 Å². The van der Waals surface area contributed by atoms with Crippen LogP contribution >= 0.6 is 11.8 Å². The number of alkyl halides is 3. The van der Waals surface area contributed by atoms with Gasteiger partial charge < -0.3 is 4.98 Å². The largest absolute Gasteiger partial charge is 0.417 e. The van der Waals surface area contributed by atoms with Crippen LogP contribution in [0.5, 0.6) is 0 Å². The number of hydrogen-bond donors (Lipinski definition) is 1. The third-order valence-electron chi connectivity index (χ3n) is 2.13. The molecular weight excluding hydrogens is 237 g/mol. The number of nitrogens with one attached hydrogen (secondary N) is 1. The zero-order valence-corrected chi connectivity index (χ0v) is 9.25. The van der Waals surface area contributed by atoms with Crippen molar-refractivity contribution in [1.29, 1.82) is 0 Å². The monoisotopic (exact) mass is 246 g/mol. The number of rotatable bonds is 2. The van der Waals surface area contributed by atoms with Gasteiger partial charge in [0.05, 0.1) is 22.9 Å². The quantitative estimate of drug-likeness (QED) is 0.818. The van der Waals surface area contributed by atoms with Crippen LogP contribution in [0.3, 0.4) is 0 Å². The molecule has 0 aliphatic heterocycles. The minimum atomic E-state index is -4.32. The Labute approximate surface area is 94.3 Å². The molecule has 6 heteroatoms. The predicted molar refractivity (Wildman–Crippen MR) is 57.5 cm³/mol. The molecule has 2 aromatic rings. The highest BCUT2D eigenvalue weighted by Gasteiger charge is 2.34. The average molecular weight is 246 g/mol. The van der Waals surface area contributed by atoms with Crippen LogP contribution in [0.4, 0.5) is 13.2 Å². The van der Waals surface area contributed by atoms with Crippen molar-refractivity contribution in [3.63, 3.8) is 0 Å². The Morgan fingerprint density at radius 3 is 2.75 bits per heavy atom. The topological polar surface area (TPSA) is 28.7 Å². The smallest absolute Gasteiger partial charge is 0.345 e. The molecule has 0 bridgehead atoms. The number of benzene rings is 1. The Bertz CT molecular complexity index is 504. The van der Waals surface area contributed by atoms with Crippen LogP contribution in [-0.4, -0.2) is 15.7 Å². The van der Waals surface area contributed by atoms with Gasteiger partial charge in [-0.25, -0.2) is 4.98 Å². The van der Waals surface area contributed by atoms with Crippen LogP contribution in [0.1, 0.15) is 12.5 Å². The van der Waals surface area contributed by atoms with Crippen molar-refractivity contribution < 1.29 is 13.2 Å². The fourth-order valence-electron chi connectivity index (χ4n) is 1.46. The van der Waals surface area contributed by atoms with E-state index in [9.17, 15) is 13.2 Å². The second kappa shape index (κ2) is 4.01. The molecule has 1 aromatic heterocycles. The lowest BCUT2D eigenvalue weighted by Crippen LogP contribution is -2.06. The molecule has 86 valence electrons. The van der Waals surface area contributed by atoms with Crippen LogP contribution in [0, 0.1) is 0 Å². The van der Waals surface area contributed by atoms with Crippen molar-refractivity contribution in [2.45, 2.75) is 18.0 Å². The number of halogens is 3.